The smallest absolute Gasteiger partial charge is 0.337 e. The number of rotatable bonds is 9. The molecule has 1 amide bonds. The molecule has 0 spiro atoms. The van der Waals surface area contributed by atoms with E-state index in [1.165, 1.54) is 7.11 Å². The van der Waals surface area contributed by atoms with Gasteiger partial charge in [-0.2, -0.15) is 5.10 Å². The van der Waals surface area contributed by atoms with Crippen LogP contribution in [0.2, 0.25) is 0 Å². The minimum absolute atomic E-state index is 0.171. The summed E-state index contributed by atoms with van der Waals surface area (Å²) in [7, 11) is 1.35. The molecule has 0 saturated carbocycles. The predicted molar refractivity (Wildman–Crippen MR) is 149 cm³/mol. The summed E-state index contributed by atoms with van der Waals surface area (Å²) in [6, 6.07) is 25.0. The zero-order chi connectivity index (χ0) is 27.4. The van der Waals surface area contributed by atoms with E-state index in [4.69, 9.17) is 9.47 Å². The van der Waals surface area contributed by atoms with Gasteiger partial charge in [-0.05, 0) is 54.8 Å². The molecule has 1 aliphatic rings. The summed E-state index contributed by atoms with van der Waals surface area (Å²) in [5.74, 6) is 1.09. The second-order valence-electron chi connectivity index (χ2n) is 9.66. The predicted octanol–water partition coefficient (Wildman–Crippen LogP) is 5.07. The van der Waals surface area contributed by atoms with E-state index in [1.54, 1.807) is 12.1 Å². The number of anilines is 1. The maximum absolute atomic E-state index is 13.4. The van der Waals surface area contributed by atoms with Crippen LogP contribution in [0.25, 0.3) is 0 Å². The van der Waals surface area contributed by atoms with Gasteiger partial charge in [0.1, 0.15) is 23.7 Å². The van der Waals surface area contributed by atoms with E-state index in [-0.39, 0.29) is 11.9 Å². The van der Waals surface area contributed by atoms with Gasteiger partial charge in [0.25, 0.3) is 5.91 Å². The molecule has 0 bridgehead atoms. The van der Waals surface area contributed by atoms with Crippen LogP contribution in [0.5, 0.6) is 5.75 Å². The third-order valence-electron chi connectivity index (χ3n) is 6.93. The van der Waals surface area contributed by atoms with Crippen LogP contribution in [0.4, 0.5) is 5.82 Å². The lowest BCUT2D eigenvalue weighted by molar-refractivity contribution is 0.0600. The second kappa shape index (κ2) is 11.4. The topological polar surface area (TPSA) is 85.7 Å². The molecule has 0 saturated heterocycles. The summed E-state index contributed by atoms with van der Waals surface area (Å²) in [4.78, 5) is 27.4. The number of benzene rings is 3. The first-order valence-electron chi connectivity index (χ1n) is 13.0. The van der Waals surface area contributed by atoms with Crippen LogP contribution < -0.4 is 15.0 Å². The molecule has 8 nitrogen and oxygen atoms in total. The first-order valence-corrected chi connectivity index (χ1v) is 13.0. The summed E-state index contributed by atoms with van der Waals surface area (Å²) < 4.78 is 12.6. The third kappa shape index (κ3) is 5.80. The van der Waals surface area contributed by atoms with Crippen LogP contribution in [0.1, 0.15) is 56.1 Å². The Kier molecular flexibility index (Phi) is 7.63. The van der Waals surface area contributed by atoms with Crippen LogP contribution >= 0.6 is 0 Å². The number of carbonyl (C=O) groups excluding carboxylic acids is 2. The first kappa shape index (κ1) is 26.0. The van der Waals surface area contributed by atoms with Gasteiger partial charge in [0, 0.05) is 13.1 Å². The monoisotopic (exact) mass is 524 g/mol. The fourth-order valence-corrected chi connectivity index (χ4v) is 4.82. The van der Waals surface area contributed by atoms with Crippen molar-refractivity contribution in [2.24, 2.45) is 0 Å². The van der Waals surface area contributed by atoms with Crippen molar-refractivity contribution in [2.45, 2.75) is 39.6 Å². The van der Waals surface area contributed by atoms with Crippen molar-refractivity contribution in [2.75, 3.05) is 18.6 Å². The number of fused-ring (bicyclic) bond motifs is 1. The zero-order valence-electron chi connectivity index (χ0n) is 22.4. The Morgan fingerprint density at radius 3 is 2.36 bits per heavy atom. The fourth-order valence-electron chi connectivity index (χ4n) is 4.82. The Morgan fingerprint density at radius 1 is 0.949 bits per heavy atom. The Morgan fingerprint density at radius 2 is 1.67 bits per heavy atom. The number of ether oxygens (including phenoxy) is 2. The summed E-state index contributed by atoms with van der Waals surface area (Å²) in [5.41, 5.74) is 4.90. The minimum Gasteiger partial charge on any atom is -0.489 e. The molecule has 0 fully saturated rings. The van der Waals surface area contributed by atoms with Gasteiger partial charge in [-0.1, -0.05) is 54.6 Å². The summed E-state index contributed by atoms with van der Waals surface area (Å²) in [6.07, 6.45) is 0. The molecular formula is C31H32N4O4. The van der Waals surface area contributed by atoms with Crippen LogP contribution in [-0.2, 0) is 24.4 Å². The van der Waals surface area contributed by atoms with E-state index in [9.17, 15) is 9.59 Å². The molecule has 5 rings (SSSR count). The van der Waals surface area contributed by atoms with Gasteiger partial charge in [-0.25, -0.2) is 9.48 Å². The molecule has 3 aromatic carbocycles. The van der Waals surface area contributed by atoms with Crippen LogP contribution in [0.3, 0.4) is 0 Å². The highest BCUT2D eigenvalue weighted by molar-refractivity contribution is 6.00. The lowest BCUT2D eigenvalue weighted by Gasteiger charge is -2.20. The standard InChI is InChI=1S/C31H32N4O4/c1-21(25-11-13-26(14-12-25)31(37)38-3)32-29(36)28-22(2)33-35-18-17-34(30(28)35)19-23-9-15-27(16-10-23)39-20-24-7-5-4-6-8-24/h4-16,21H,17-20H2,1-3H3,(H,32,36)/t21-/m0/s1. The van der Waals surface area contributed by atoms with Gasteiger partial charge in [0.15, 0.2) is 0 Å². The Labute approximate surface area is 228 Å². The van der Waals surface area contributed by atoms with Gasteiger partial charge < -0.3 is 19.7 Å². The number of amides is 1. The average molecular weight is 525 g/mol. The molecule has 8 heteroatoms. The second-order valence-corrected chi connectivity index (χ2v) is 9.66. The van der Waals surface area contributed by atoms with E-state index in [1.807, 2.05) is 73.1 Å². The normalized spacial score (nSPS) is 13.1. The molecule has 39 heavy (non-hydrogen) atoms. The quantitative estimate of drug-likeness (QED) is 0.308. The number of nitrogens with zero attached hydrogens (tertiary/aromatic N) is 3. The highest BCUT2D eigenvalue weighted by Crippen LogP contribution is 2.31. The molecule has 1 aliphatic heterocycles. The van der Waals surface area contributed by atoms with Crippen molar-refractivity contribution >= 4 is 17.7 Å². The number of esters is 1. The zero-order valence-corrected chi connectivity index (χ0v) is 22.4. The van der Waals surface area contributed by atoms with Gasteiger partial charge in [-0.15, -0.1) is 0 Å². The Hall–Kier alpha value is -4.59. The molecule has 1 N–H and O–H groups in total. The maximum atomic E-state index is 13.4. The van der Waals surface area contributed by atoms with Crippen molar-refractivity contribution in [1.82, 2.24) is 15.1 Å². The Bertz CT molecular complexity index is 1450. The van der Waals surface area contributed by atoms with Gasteiger partial charge in [0.2, 0.25) is 0 Å². The molecule has 0 radical (unpaired) electrons. The summed E-state index contributed by atoms with van der Waals surface area (Å²) in [6.45, 7) is 6.48. The lowest BCUT2D eigenvalue weighted by atomic mass is 10.1. The summed E-state index contributed by atoms with van der Waals surface area (Å²) in [5, 5.41) is 7.73. The number of methoxy groups -OCH3 is 1. The number of aromatic nitrogens is 2. The van der Waals surface area contributed by atoms with Crippen LogP contribution in [0, 0.1) is 6.92 Å². The van der Waals surface area contributed by atoms with Crippen LogP contribution in [-0.4, -0.2) is 35.3 Å². The van der Waals surface area contributed by atoms with Crippen molar-refractivity contribution < 1.29 is 19.1 Å². The van der Waals surface area contributed by atoms with E-state index < -0.39 is 5.97 Å². The molecule has 1 atom stereocenters. The summed E-state index contributed by atoms with van der Waals surface area (Å²) >= 11 is 0. The molecule has 4 aromatic rings. The maximum Gasteiger partial charge on any atom is 0.337 e. The average Bonchev–Trinajstić information content (AvgIpc) is 3.50. The third-order valence-corrected chi connectivity index (χ3v) is 6.93. The minimum atomic E-state index is -0.390. The van der Waals surface area contributed by atoms with Crippen molar-refractivity contribution in [3.63, 3.8) is 0 Å². The Balaban J connectivity index is 1.25. The number of hydrogen-bond donors (Lipinski definition) is 1. The van der Waals surface area contributed by atoms with E-state index in [2.05, 4.69) is 27.4 Å². The number of aryl methyl sites for hydroxylation is 1. The molecule has 200 valence electrons. The van der Waals surface area contributed by atoms with Gasteiger partial charge >= 0.3 is 5.97 Å². The van der Waals surface area contributed by atoms with E-state index >= 15 is 0 Å². The molecular weight excluding hydrogens is 492 g/mol. The fraction of sp³-hybridized carbons (Fsp3) is 0.258. The largest absolute Gasteiger partial charge is 0.489 e. The van der Waals surface area contributed by atoms with E-state index in [0.29, 0.717) is 30.0 Å². The highest BCUT2D eigenvalue weighted by Gasteiger charge is 2.30. The molecule has 0 aliphatic carbocycles. The van der Waals surface area contributed by atoms with Crippen molar-refractivity contribution in [1.29, 1.82) is 0 Å². The first-order chi connectivity index (χ1) is 18.9. The van der Waals surface area contributed by atoms with E-state index in [0.717, 1.165) is 41.3 Å². The number of hydrogen-bond acceptors (Lipinski definition) is 6. The SMILES string of the molecule is COC(=O)c1ccc([C@H](C)NC(=O)c2c(C)nn3c2N(Cc2ccc(OCc4ccccc4)cc2)CC3)cc1. The van der Waals surface area contributed by atoms with Gasteiger partial charge in [0.05, 0.1) is 31.0 Å². The molecule has 1 aromatic heterocycles. The molecule has 0 unspecified atom stereocenters. The van der Waals surface area contributed by atoms with Crippen molar-refractivity contribution in [3.8, 4) is 5.75 Å². The van der Waals surface area contributed by atoms with Crippen LogP contribution in [0.15, 0.2) is 78.9 Å². The highest BCUT2D eigenvalue weighted by atomic mass is 16.5. The number of nitrogens with one attached hydrogen (secondary N) is 1. The van der Waals surface area contributed by atoms with Crippen molar-refractivity contribution in [3.05, 3.63) is 112 Å². The lowest BCUT2D eigenvalue weighted by Crippen LogP contribution is -2.29. The molecule has 2 heterocycles. The van der Waals surface area contributed by atoms with Gasteiger partial charge in [-0.3, -0.25) is 4.79 Å². The number of carbonyl (C=O) groups is 2.